The average Bonchev–Trinajstić information content (AvgIpc) is 2.64. The minimum Gasteiger partial charge on any atom is -0.338 e. The second-order valence-corrected chi connectivity index (χ2v) is 5.66. The minimum absolute atomic E-state index is 0.0907. The largest absolute Gasteiger partial charge is 0.338 e. The van der Waals surface area contributed by atoms with Crippen LogP contribution in [0.25, 0.3) is 0 Å². The van der Waals surface area contributed by atoms with Gasteiger partial charge in [-0.05, 0) is 11.1 Å². The number of amides is 2. The van der Waals surface area contributed by atoms with Gasteiger partial charge in [0.1, 0.15) is 0 Å². The first-order chi connectivity index (χ1) is 11.3. The molecule has 0 bridgehead atoms. The molecule has 0 saturated carbocycles. The van der Waals surface area contributed by atoms with Gasteiger partial charge >= 0.3 is 6.41 Å². The van der Waals surface area contributed by atoms with Gasteiger partial charge in [-0.2, -0.15) is 0 Å². The molecule has 4 heteroatoms. The van der Waals surface area contributed by atoms with Crippen LogP contribution in [-0.4, -0.2) is 48.3 Å². The number of nitrogens with zero attached hydrogens (tertiary/aromatic N) is 2. The van der Waals surface area contributed by atoms with Gasteiger partial charge in [0.05, 0.1) is 5.92 Å². The molecule has 0 aromatic heterocycles. The third kappa shape index (κ3) is 3.42. The van der Waals surface area contributed by atoms with Crippen molar-refractivity contribution in [1.29, 1.82) is 0 Å². The highest BCUT2D eigenvalue weighted by Crippen LogP contribution is 2.27. The Kier molecular flexibility index (Phi) is 4.71. The van der Waals surface area contributed by atoms with E-state index in [4.69, 9.17) is 0 Å². The summed E-state index contributed by atoms with van der Waals surface area (Å²) < 4.78 is 0. The Morgan fingerprint density at radius 3 is 1.74 bits per heavy atom. The van der Waals surface area contributed by atoms with Crippen LogP contribution in [0.2, 0.25) is 0 Å². The summed E-state index contributed by atoms with van der Waals surface area (Å²) in [4.78, 5) is 27.2. The highest BCUT2D eigenvalue weighted by Gasteiger charge is 2.29. The lowest BCUT2D eigenvalue weighted by molar-refractivity contribution is -0.133. The quantitative estimate of drug-likeness (QED) is 0.867. The molecule has 0 spiro atoms. The van der Waals surface area contributed by atoms with Gasteiger partial charge in [0.2, 0.25) is 5.91 Å². The summed E-state index contributed by atoms with van der Waals surface area (Å²) in [7, 11) is 0. The fraction of sp³-hybridized carbons (Fsp3) is 0.263. The first-order valence-electron chi connectivity index (χ1n) is 7.81. The predicted molar refractivity (Wildman–Crippen MR) is 88.6 cm³/mol. The maximum absolute atomic E-state index is 13.1. The molecule has 1 fully saturated rings. The number of carbonyl (C=O) groups is 1. The summed E-state index contributed by atoms with van der Waals surface area (Å²) in [5, 5.41) is 0. The van der Waals surface area contributed by atoms with Crippen molar-refractivity contribution < 1.29 is 9.59 Å². The molecule has 3 rings (SSSR count). The third-order valence-corrected chi connectivity index (χ3v) is 4.23. The number of carbonyl (C=O) groups excluding carboxylic acids is 2. The van der Waals surface area contributed by atoms with E-state index in [2.05, 4.69) is 0 Å². The van der Waals surface area contributed by atoms with Crippen LogP contribution < -0.4 is 0 Å². The second-order valence-electron chi connectivity index (χ2n) is 5.66. The molecule has 4 nitrogen and oxygen atoms in total. The molecule has 23 heavy (non-hydrogen) atoms. The van der Waals surface area contributed by atoms with E-state index >= 15 is 0 Å². The lowest BCUT2D eigenvalue weighted by Crippen LogP contribution is -2.49. The van der Waals surface area contributed by atoms with Gasteiger partial charge in [-0.25, -0.2) is 0 Å². The van der Waals surface area contributed by atoms with Crippen LogP contribution in [0.15, 0.2) is 60.7 Å². The summed E-state index contributed by atoms with van der Waals surface area (Å²) in [6.45, 7) is 2.21. The molecule has 2 aromatic rings. The van der Waals surface area contributed by atoms with Crippen LogP contribution in [0, 0.1) is 0 Å². The zero-order valence-electron chi connectivity index (χ0n) is 12.9. The zero-order chi connectivity index (χ0) is 16.1. The second kappa shape index (κ2) is 7.09. The Morgan fingerprint density at radius 2 is 1.30 bits per heavy atom. The molecule has 0 N–H and O–H groups in total. The highest BCUT2D eigenvalue weighted by molar-refractivity contribution is 5.87. The van der Waals surface area contributed by atoms with Gasteiger partial charge in [0.25, 0.3) is 0 Å². The van der Waals surface area contributed by atoms with E-state index in [1.165, 1.54) is 0 Å². The number of piperazine rings is 1. The normalized spacial score (nSPS) is 14.8. The van der Waals surface area contributed by atoms with E-state index in [1.807, 2.05) is 72.0 Å². The predicted octanol–water partition coefficient (Wildman–Crippen LogP) is 2.03. The maximum Gasteiger partial charge on any atom is 0.312 e. The first-order valence-corrected chi connectivity index (χ1v) is 7.81. The van der Waals surface area contributed by atoms with E-state index < -0.39 is 0 Å². The molecule has 2 amide bonds. The van der Waals surface area contributed by atoms with Crippen molar-refractivity contribution in [3.05, 3.63) is 71.8 Å². The lowest BCUT2D eigenvalue weighted by atomic mass is 9.90. The van der Waals surface area contributed by atoms with Gasteiger partial charge in [0.15, 0.2) is 0 Å². The standard InChI is InChI=1S/C19H19N2O2/c22-15-20-11-13-21(14-12-20)19(23)18(16-7-3-1-4-8-16)17-9-5-2-6-10-17/h1-10,18H,11-14H2. The molecule has 0 unspecified atom stereocenters. The third-order valence-electron chi connectivity index (χ3n) is 4.23. The number of hydrogen-bond acceptors (Lipinski definition) is 2. The smallest absolute Gasteiger partial charge is 0.312 e. The van der Waals surface area contributed by atoms with Crippen LogP contribution in [0.4, 0.5) is 0 Å². The van der Waals surface area contributed by atoms with E-state index in [0.29, 0.717) is 26.2 Å². The fourth-order valence-corrected chi connectivity index (χ4v) is 2.97. The summed E-state index contributed by atoms with van der Waals surface area (Å²) in [5.74, 6) is -0.211. The molecule has 0 atom stereocenters. The number of hydrogen-bond donors (Lipinski definition) is 0. The van der Waals surface area contributed by atoms with Crippen LogP contribution in [0.5, 0.6) is 0 Å². The number of rotatable bonds is 4. The summed E-state index contributed by atoms with van der Waals surface area (Å²) in [6.07, 6.45) is 1.90. The van der Waals surface area contributed by atoms with Crippen molar-refractivity contribution in [3.8, 4) is 0 Å². The molecule has 117 valence electrons. The Labute approximate surface area is 136 Å². The number of benzene rings is 2. The van der Waals surface area contributed by atoms with Gasteiger partial charge in [-0.15, -0.1) is 0 Å². The van der Waals surface area contributed by atoms with Crippen molar-refractivity contribution in [2.45, 2.75) is 5.92 Å². The summed E-state index contributed by atoms with van der Waals surface area (Å²) >= 11 is 0. The molecule has 1 aliphatic heterocycles. The molecule has 0 aliphatic carbocycles. The van der Waals surface area contributed by atoms with Crippen molar-refractivity contribution in [3.63, 3.8) is 0 Å². The molecule has 2 aromatic carbocycles. The van der Waals surface area contributed by atoms with Crippen molar-refractivity contribution in [1.82, 2.24) is 9.80 Å². The van der Waals surface area contributed by atoms with Gasteiger partial charge in [0, 0.05) is 26.2 Å². The van der Waals surface area contributed by atoms with Crippen LogP contribution >= 0.6 is 0 Å². The molecule has 1 saturated heterocycles. The Bertz CT molecular complexity index is 610. The van der Waals surface area contributed by atoms with Gasteiger partial charge in [-0.3, -0.25) is 9.59 Å². The van der Waals surface area contributed by atoms with Crippen molar-refractivity contribution in [2.24, 2.45) is 0 Å². The molecule has 1 aliphatic rings. The molecular formula is C19H19N2O2. The summed E-state index contributed by atoms with van der Waals surface area (Å²) in [5.41, 5.74) is 1.99. The van der Waals surface area contributed by atoms with Gasteiger partial charge in [-0.1, -0.05) is 60.7 Å². The highest BCUT2D eigenvalue weighted by atomic mass is 16.2. The van der Waals surface area contributed by atoms with Crippen LogP contribution in [-0.2, 0) is 9.59 Å². The van der Waals surface area contributed by atoms with Crippen LogP contribution in [0.1, 0.15) is 17.0 Å². The summed E-state index contributed by atoms with van der Waals surface area (Å²) in [6, 6.07) is 19.7. The Morgan fingerprint density at radius 1 is 0.826 bits per heavy atom. The molecular weight excluding hydrogens is 288 g/mol. The zero-order valence-corrected chi connectivity index (χ0v) is 12.9. The fourth-order valence-electron chi connectivity index (χ4n) is 2.97. The lowest BCUT2D eigenvalue weighted by Gasteiger charge is -2.34. The molecule has 1 radical (unpaired) electrons. The van der Waals surface area contributed by atoms with E-state index in [0.717, 1.165) is 11.1 Å². The van der Waals surface area contributed by atoms with Crippen molar-refractivity contribution >= 4 is 12.3 Å². The average molecular weight is 307 g/mol. The Balaban J connectivity index is 1.87. The van der Waals surface area contributed by atoms with Crippen molar-refractivity contribution in [2.75, 3.05) is 26.2 Å². The van der Waals surface area contributed by atoms with Crippen LogP contribution in [0.3, 0.4) is 0 Å². The van der Waals surface area contributed by atoms with E-state index in [9.17, 15) is 9.59 Å². The minimum atomic E-state index is -0.302. The van der Waals surface area contributed by atoms with Gasteiger partial charge < -0.3 is 9.80 Å². The van der Waals surface area contributed by atoms with E-state index in [-0.39, 0.29) is 11.8 Å². The SMILES string of the molecule is O=[C]N1CCN(C(=O)C(c2ccccc2)c2ccccc2)CC1. The molecule has 1 heterocycles. The topological polar surface area (TPSA) is 40.6 Å². The Hall–Kier alpha value is -2.62. The van der Waals surface area contributed by atoms with E-state index in [1.54, 1.807) is 4.90 Å². The monoisotopic (exact) mass is 307 g/mol. The first kappa shape index (κ1) is 15.3. The maximum atomic E-state index is 13.1.